The van der Waals surface area contributed by atoms with Gasteiger partial charge >= 0.3 is 0 Å². The number of nitrogens with zero attached hydrogens (tertiary/aromatic N) is 1. The van der Waals surface area contributed by atoms with Crippen molar-refractivity contribution in [2.75, 3.05) is 13.1 Å². The van der Waals surface area contributed by atoms with Crippen LogP contribution < -0.4 is 5.73 Å². The van der Waals surface area contributed by atoms with Gasteiger partial charge in [0.1, 0.15) is 0 Å². The van der Waals surface area contributed by atoms with Crippen molar-refractivity contribution in [3.8, 4) is 0 Å². The van der Waals surface area contributed by atoms with E-state index in [0.29, 0.717) is 0 Å². The molecule has 1 unspecified atom stereocenters. The highest BCUT2D eigenvalue weighted by Crippen LogP contribution is 2.37. The van der Waals surface area contributed by atoms with Crippen LogP contribution in [0.25, 0.3) is 0 Å². The maximum atomic E-state index is 6.31. The summed E-state index contributed by atoms with van der Waals surface area (Å²) in [5.74, 6) is 0. The third kappa shape index (κ3) is 2.40. The van der Waals surface area contributed by atoms with E-state index in [-0.39, 0.29) is 5.54 Å². The van der Waals surface area contributed by atoms with Crippen LogP contribution in [0.1, 0.15) is 50.2 Å². The standard InChI is InChI=1S/C18H28N2/c1-2-17-10-4-3-7-11-20(17)18(14-19)12-15-8-5-6-9-16(15)13-18/h5-6,8-9,17H,2-4,7,10-14,19H2,1H3. The molecule has 0 spiro atoms. The molecule has 2 nitrogen and oxygen atoms in total. The Labute approximate surface area is 123 Å². The van der Waals surface area contributed by atoms with Gasteiger partial charge in [-0.15, -0.1) is 0 Å². The largest absolute Gasteiger partial charge is 0.329 e. The monoisotopic (exact) mass is 272 g/mol. The molecule has 1 atom stereocenters. The third-order valence-electron chi connectivity index (χ3n) is 5.50. The predicted molar refractivity (Wildman–Crippen MR) is 84.9 cm³/mol. The molecule has 1 heterocycles. The zero-order chi connectivity index (χ0) is 14.0. The van der Waals surface area contributed by atoms with Gasteiger partial charge in [-0.25, -0.2) is 0 Å². The van der Waals surface area contributed by atoms with E-state index in [1.165, 1.54) is 49.8 Å². The van der Waals surface area contributed by atoms with Gasteiger partial charge in [0, 0.05) is 18.1 Å². The summed E-state index contributed by atoms with van der Waals surface area (Å²) in [7, 11) is 0. The molecule has 2 heteroatoms. The second-order valence-corrected chi connectivity index (χ2v) is 6.66. The molecule has 1 aliphatic heterocycles. The predicted octanol–water partition coefficient (Wildman–Crippen LogP) is 3.14. The summed E-state index contributed by atoms with van der Waals surface area (Å²) in [5.41, 5.74) is 9.54. The number of hydrogen-bond donors (Lipinski definition) is 1. The Morgan fingerprint density at radius 1 is 1.15 bits per heavy atom. The summed E-state index contributed by atoms with van der Waals surface area (Å²) in [6.07, 6.45) is 9.04. The molecule has 0 amide bonds. The third-order valence-corrected chi connectivity index (χ3v) is 5.50. The molecule has 1 aromatic rings. The SMILES string of the molecule is CCC1CCCCCN1C1(CN)Cc2ccccc2C1. The lowest BCUT2D eigenvalue weighted by Crippen LogP contribution is -2.58. The van der Waals surface area contributed by atoms with Crippen LogP contribution in [0, 0.1) is 0 Å². The van der Waals surface area contributed by atoms with Crippen LogP contribution in [0.2, 0.25) is 0 Å². The van der Waals surface area contributed by atoms with Crippen molar-refractivity contribution in [3.05, 3.63) is 35.4 Å². The van der Waals surface area contributed by atoms with Crippen molar-refractivity contribution in [1.82, 2.24) is 4.90 Å². The van der Waals surface area contributed by atoms with Gasteiger partial charge in [-0.05, 0) is 49.8 Å². The Morgan fingerprint density at radius 3 is 2.45 bits per heavy atom. The topological polar surface area (TPSA) is 29.3 Å². The molecule has 1 aliphatic carbocycles. The molecule has 1 fully saturated rings. The van der Waals surface area contributed by atoms with E-state index in [1.54, 1.807) is 0 Å². The van der Waals surface area contributed by atoms with Crippen molar-refractivity contribution < 1.29 is 0 Å². The molecule has 110 valence electrons. The molecular weight excluding hydrogens is 244 g/mol. The molecule has 0 bridgehead atoms. The second-order valence-electron chi connectivity index (χ2n) is 6.66. The minimum atomic E-state index is 0.189. The van der Waals surface area contributed by atoms with E-state index < -0.39 is 0 Å². The Morgan fingerprint density at radius 2 is 1.85 bits per heavy atom. The van der Waals surface area contributed by atoms with Crippen molar-refractivity contribution in [2.24, 2.45) is 5.73 Å². The maximum absolute atomic E-state index is 6.31. The zero-order valence-electron chi connectivity index (χ0n) is 12.8. The van der Waals surface area contributed by atoms with Gasteiger partial charge in [0.15, 0.2) is 0 Å². The molecule has 2 aliphatic rings. The Hall–Kier alpha value is -0.860. The average molecular weight is 272 g/mol. The number of fused-ring (bicyclic) bond motifs is 1. The lowest BCUT2D eigenvalue weighted by molar-refractivity contribution is 0.0545. The highest BCUT2D eigenvalue weighted by atomic mass is 15.2. The van der Waals surface area contributed by atoms with Crippen LogP contribution in [0.15, 0.2) is 24.3 Å². The van der Waals surface area contributed by atoms with Gasteiger partial charge < -0.3 is 5.73 Å². The lowest BCUT2D eigenvalue weighted by Gasteiger charge is -2.45. The van der Waals surface area contributed by atoms with E-state index >= 15 is 0 Å². The fraction of sp³-hybridized carbons (Fsp3) is 0.667. The van der Waals surface area contributed by atoms with E-state index in [2.05, 4.69) is 36.1 Å². The molecule has 1 aromatic carbocycles. The quantitative estimate of drug-likeness (QED) is 0.916. The zero-order valence-corrected chi connectivity index (χ0v) is 12.8. The smallest absolute Gasteiger partial charge is 0.0415 e. The first kappa shape index (κ1) is 14.1. The van der Waals surface area contributed by atoms with Gasteiger partial charge in [-0.3, -0.25) is 4.90 Å². The summed E-state index contributed by atoms with van der Waals surface area (Å²) in [6, 6.07) is 9.67. The van der Waals surface area contributed by atoms with E-state index in [4.69, 9.17) is 5.73 Å². The number of nitrogens with two attached hydrogens (primary N) is 1. The first-order chi connectivity index (χ1) is 9.79. The number of hydrogen-bond acceptors (Lipinski definition) is 2. The van der Waals surface area contributed by atoms with Crippen molar-refractivity contribution in [2.45, 2.75) is 63.5 Å². The summed E-state index contributed by atoms with van der Waals surface area (Å²) in [5, 5.41) is 0. The second kappa shape index (κ2) is 5.87. The summed E-state index contributed by atoms with van der Waals surface area (Å²) in [4.78, 5) is 2.79. The maximum Gasteiger partial charge on any atom is 0.0415 e. The van der Waals surface area contributed by atoms with E-state index in [9.17, 15) is 0 Å². The molecule has 20 heavy (non-hydrogen) atoms. The Balaban J connectivity index is 1.89. The Kier molecular flexibility index (Phi) is 4.13. The molecule has 1 saturated heterocycles. The van der Waals surface area contributed by atoms with Gasteiger partial charge in [0.05, 0.1) is 0 Å². The van der Waals surface area contributed by atoms with Crippen LogP contribution in [0.5, 0.6) is 0 Å². The van der Waals surface area contributed by atoms with Gasteiger partial charge in [0.2, 0.25) is 0 Å². The first-order valence-corrected chi connectivity index (χ1v) is 8.33. The van der Waals surface area contributed by atoms with E-state index in [1.807, 2.05) is 0 Å². The number of rotatable bonds is 3. The van der Waals surface area contributed by atoms with Gasteiger partial charge in [0.25, 0.3) is 0 Å². The summed E-state index contributed by atoms with van der Waals surface area (Å²) in [6.45, 7) is 4.37. The fourth-order valence-electron chi connectivity index (χ4n) is 4.36. The molecule has 0 aromatic heterocycles. The lowest BCUT2D eigenvalue weighted by atomic mass is 9.90. The van der Waals surface area contributed by atoms with Crippen LogP contribution in [-0.4, -0.2) is 29.6 Å². The highest BCUT2D eigenvalue weighted by molar-refractivity contribution is 5.37. The van der Waals surface area contributed by atoms with Crippen LogP contribution in [-0.2, 0) is 12.8 Å². The van der Waals surface area contributed by atoms with Gasteiger partial charge in [-0.1, -0.05) is 44.0 Å². The van der Waals surface area contributed by atoms with Crippen molar-refractivity contribution >= 4 is 0 Å². The summed E-state index contributed by atoms with van der Waals surface area (Å²) >= 11 is 0. The minimum Gasteiger partial charge on any atom is -0.329 e. The fourth-order valence-corrected chi connectivity index (χ4v) is 4.36. The molecular formula is C18H28N2. The summed E-state index contributed by atoms with van der Waals surface area (Å²) < 4.78 is 0. The molecule has 2 N–H and O–H groups in total. The first-order valence-electron chi connectivity index (χ1n) is 8.33. The molecule has 0 radical (unpaired) electrons. The number of likely N-dealkylation sites (tertiary alicyclic amines) is 1. The minimum absolute atomic E-state index is 0.189. The molecule has 0 saturated carbocycles. The molecule has 3 rings (SSSR count). The van der Waals surface area contributed by atoms with Gasteiger partial charge in [-0.2, -0.15) is 0 Å². The van der Waals surface area contributed by atoms with Crippen molar-refractivity contribution in [1.29, 1.82) is 0 Å². The Bertz CT molecular complexity index is 429. The van der Waals surface area contributed by atoms with Crippen LogP contribution >= 0.6 is 0 Å². The normalized spacial score (nSPS) is 26.2. The van der Waals surface area contributed by atoms with E-state index in [0.717, 1.165) is 25.4 Å². The average Bonchev–Trinajstić information content (AvgIpc) is 2.70. The van der Waals surface area contributed by atoms with Crippen LogP contribution in [0.3, 0.4) is 0 Å². The highest BCUT2D eigenvalue weighted by Gasteiger charge is 2.43. The van der Waals surface area contributed by atoms with Crippen molar-refractivity contribution in [3.63, 3.8) is 0 Å². The van der Waals surface area contributed by atoms with Crippen LogP contribution in [0.4, 0.5) is 0 Å². The number of benzene rings is 1.